The van der Waals surface area contributed by atoms with Crippen molar-refractivity contribution in [1.82, 2.24) is 5.43 Å². The van der Waals surface area contributed by atoms with Crippen LogP contribution in [0.4, 0.5) is 0 Å². The fourth-order valence-corrected chi connectivity index (χ4v) is 2.08. The number of amides is 1. The zero-order chi connectivity index (χ0) is 16.1. The number of para-hydroxylation sites is 1. The molecule has 2 rings (SSSR count). The molecule has 0 heterocycles. The first kappa shape index (κ1) is 15.8. The van der Waals surface area contributed by atoms with Crippen LogP contribution in [0, 0.1) is 0 Å². The van der Waals surface area contributed by atoms with E-state index < -0.39 is 5.91 Å². The van der Waals surface area contributed by atoms with Crippen LogP contribution in [0.15, 0.2) is 46.0 Å². The summed E-state index contributed by atoms with van der Waals surface area (Å²) >= 11 is 3.22. The minimum absolute atomic E-state index is 0.0756. The Morgan fingerprint density at radius 1 is 1.32 bits per heavy atom. The third-order valence-corrected chi connectivity index (χ3v) is 3.32. The molecule has 22 heavy (non-hydrogen) atoms. The average Bonchev–Trinajstić information content (AvgIpc) is 2.51. The number of rotatable bonds is 4. The van der Waals surface area contributed by atoms with Crippen molar-refractivity contribution in [2.45, 2.75) is 0 Å². The molecule has 6 nitrogen and oxygen atoms in total. The van der Waals surface area contributed by atoms with Crippen molar-refractivity contribution < 1.29 is 19.7 Å². The van der Waals surface area contributed by atoms with E-state index in [0.717, 1.165) is 0 Å². The van der Waals surface area contributed by atoms with Crippen molar-refractivity contribution in [1.29, 1.82) is 0 Å². The Kier molecular flexibility index (Phi) is 5.00. The summed E-state index contributed by atoms with van der Waals surface area (Å²) in [5.74, 6) is -0.495. The number of ether oxygens (including phenoxy) is 1. The maximum absolute atomic E-state index is 11.9. The number of hydrogen-bond donors (Lipinski definition) is 3. The SMILES string of the molecule is COc1cccc(C=NNC(=O)c2cc(Br)ccc2O)c1O. The Bertz CT molecular complexity index is 731. The molecular weight excluding hydrogens is 352 g/mol. The molecule has 2 aromatic carbocycles. The van der Waals surface area contributed by atoms with E-state index in [1.165, 1.54) is 25.5 Å². The van der Waals surface area contributed by atoms with E-state index in [-0.39, 0.29) is 17.1 Å². The van der Waals surface area contributed by atoms with Gasteiger partial charge in [0.05, 0.1) is 18.9 Å². The number of carbonyl (C=O) groups excluding carboxylic acids is 1. The highest BCUT2D eigenvalue weighted by Crippen LogP contribution is 2.28. The van der Waals surface area contributed by atoms with Crippen LogP contribution in [-0.4, -0.2) is 29.4 Å². The number of hydrogen-bond acceptors (Lipinski definition) is 5. The third-order valence-electron chi connectivity index (χ3n) is 2.82. The molecule has 0 bridgehead atoms. The molecule has 1 amide bonds. The van der Waals surface area contributed by atoms with Crippen molar-refractivity contribution in [2.75, 3.05) is 7.11 Å². The van der Waals surface area contributed by atoms with Crippen molar-refractivity contribution in [3.05, 3.63) is 52.0 Å². The molecule has 0 saturated heterocycles. The molecule has 0 spiro atoms. The Balaban J connectivity index is 2.12. The lowest BCUT2D eigenvalue weighted by molar-refractivity contribution is 0.0952. The van der Waals surface area contributed by atoms with E-state index >= 15 is 0 Å². The standard InChI is InChI=1S/C15H13BrN2O4/c1-22-13-4-2-3-9(14(13)20)8-17-18-15(21)11-7-10(16)5-6-12(11)19/h2-8,19-20H,1H3,(H,18,21). The smallest absolute Gasteiger partial charge is 0.275 e. The Morgan fingerprint density at radius 2 is 2.09 bits per heavy atom. The van der Waals surface area contributed by atoms with E-state index in [2.05, 4.69) is 26.5 Å². The van der Waals surface area contributed by atoms with Gasteiger partial charge in [-0.2, -0.15) is 5.10 Å². The highest BCUT2D eigenvalue weighted by atomic mass is 79.9. The highest BCUT2D eigenvalue weighted by Gasteiger charge is 2.11. The van der Waals surface area contributed by atoms with E-state index in [1.807, 2.05) is 0 Å². The first-order valence-corrected chi connectivity index (χ1v) is 7.00. The number of hydrazone groups is 1. The predicted molar refractivity (Wildman–Crippen MR) is 85.5 cm³/mol. The van der Waals surface area contributed by atoms with Gasteiger partial charge in [0.1, 0.15) is 5.75 Å². The van der Waals surface area contributed by atoms with Crippen LogP contribution in [-0.2, 0) is 0 Å². The number of nitrogens with one attached hydrogen (secondary N) is 1. The maximum Gasteiger partial charge on any atom is 0.275 e. The first-order valence-electron chi connectivity index (χ1n) is 6.21. The van der Waals surface area contributed by atoms with Gasteiger partial charge in [0.15, 0.2) is 11.5 Å². The van der Waals surface area contributed by atoms with Crippen molar-refractivity contribution in [3.8, 4) is 17.2 Å². The lowest BCUT2D eigenvalue weighted by Gasteiger charge is -2.05. The zero-order valence-corrected chi connectivity index (χ0v) is 13.2. The number of nitrogens with zero attached hydrogens (tertiary/aromatic N) is 1. The lowest BCUT2D eigenvalue weighted by atomic mass is 10.2. The van der Waals surface area contributed by atoms with Gasteiger partial charge in [0.2, 0.25) is 0 Å². The molecular formula is C15H13BrN2O4. The summed E-state index contributed by atoms with van der Waals surface area (Å²) < 4.78 is 5.63. The summed E-state index contributed by atoms with van der Waals surface area (Å²) in [6.07, 6.45) is 1.28. The number of methoxy groups -OCH3 is 1. The van der Waals surface area contributed by atoms with E-state index in [0.29, 0.717) is 15.8 Å². The molecule has 0 aromatic heterocycles. The normalized spacial score (nSPS) is 10.6. The van der Waals surface area contributed by atoms with Gasteiger partial charge in [-0.05, 0) is 30.3 Å². The molecule has 0 aliphatic heterocycles. The van der Waals surface area contributed by atoms with Gasteiger partial charge in [-0.1, -0.05) is 22.0 Å². The molecule has 0 unspecified atom stereocenters. The molecule has 0 saturated carbocycles. The molecule has 114 valence electrons. The average molecular weight is 365 g/mol. The quantitative estimate of drug-likeness (QED) is 0.574. The molecule has 0 radical (unpaired) electrons. The summed E-state index contributed by atoms with van der Waals surface area (Å²) in [4.78, 5) is 11.9. The topological polar surface area (TPSA) is 91.2 Å². The second-order valence-electron chi connectivity index (χ2n) is 4.26. The number of phenols is 2. The second-order valence-corrected chi connectivity index (χ2v) is 5.17. The van der Waals surface area contributed by atoms with Gasteiger partial charge >= 0.3 is 0 Å². The van der Waals surface area contributed by atoms with Gasteiger partial charge in [0, 0.05) is 10.0 Å². The van der Waals surface area contributed by atoms with Crippen molar-refractivity contribution in [3.63, 3.8) is 0 Å². The van der Waals surface area contributed by atoms with Gasteiger partial charge in [-0.3, -0.25) is 4.79 Å². The van der Waals surface area contributed by atoms with E-state index in [4.69, 9.17) is 4.74 Å². The number of halogens is 1. The predicted octanol–water partition coefficient (Wildman–Crippen LogP) is 2.63. The van der Waals surface area contributed by atoms with Crippen molar-refractivity contribution in [2.24, 2.45) is 5.10 Å². The number of carbonyl (C=O) groups is 1. The summed E-state index contributed by atoms with van der Waals surface area (Å²) in [5.41, 5.74) is 2.75. The first-order chi connectivity index (χ1) is 10.5. The number of aromatic hydroxyl groups is 2. The zero-order valence-electron chi connectivity index (χ0n) is 11.6. The van der Waals surface area contributed by atoms with Crippen LogP contribution in [0.5, 0.6) is 17.2 Å². The van der Waals surface area contributed by atoms with Crippen LogP contribution in [0.3, 0.4) is 0 Å². The fraction of sp³-hybridized carbons (Fsp3) is 0.0667. The molecule has 3 N–H and O–H groups in total. The summed E-state index contributed by atoms with van der Waals surface area (Å²) in [5, 5.41) is 23.3. The van der Waals surface area contributed by atoms with Crippen LogP contribution in [0.1, 0.15) is 15.9 Å². The molecule has 0 atom stereocenters. The van der Waals surface area contributed by atoms with E-state index in [1.54, 1.807) is 24.3 Å². The molecule has 0 aliphatic carbocycles. The molecule has 7 heteroatoms. The van der Waals surface area contributed by atoms with Crippen LogP contribution < -0.4 is 10.2 Å². The fourth-order valence-electron chi connectivity index (χ4n) is 1.72. The summed E-state index contributed by atoms with van der Waals surface area (Å²) in [7, 11) is 1.44. The minimum atomic E-state index is -0.572. The van der Waals surface area contributed by atoms with Crippen LogP contribution in [0.25, 0.3) is 0 Å². The summed E-state index contributed by atoms with van der Waals surface area (Å²) in [6, 6.07) is 9.39. The number of benzene rings is 2. The summed E-state index contributed by atoms with van der Waals surface area (Å²) in [6.45, 7) is 0. The number of phenolic OH excluding ortho intramolecular Hbond substituents is 2. The highest BCUT2D eigenvalue weighted by molar-refractivity contribution is 9.10. The third kappa shape index (κ3) is 3.56. The van der Waals surface area contributed by atoms with Crippen molar-refractivity contribution >= 4 is 28.1 Å². The van der Waals surface area contributed by atoms with Gasteiger partial charge in [0.25, 0.3) is 5.91 Å². The van der Waals surface area contributed by atoms with Crippen LogP contribution >= 0.6 is 15.9 Å². The molecule has 2 aromatic rings. The van der Waals surface area contributed by atoms with Crippen LogP contribution in [0.2, 0.25) is 0 Å². The monoisotopic (exact) mass is 364 g/mol. The second kappa shape index (κ2) is 6.95. The Hall–Kier alpha value is -2.54. The maximum atomic E-state index is 11.9. The van der Waals surface area contributed by atoms with Gasteiger partial charge < -0.3 is 14.9 Å². The van der Waals surface area contributed by atoms with Gasteiger partial charge in [-0.25, -0.2) is 5.43 Å². The minimum Gasteiger partial charge on any atom is -0.507 e. The Morgan fingerprint density at radius 3 is 2.82 bits per heavy atom. The van der Waals surface area contributed by atoms with Gasteiger partial charge in [-0.15, -0.1) is 0 Å². The molecule has 0 fully saturated rings. The van der Waals surface area contributed by atoms with E-state index in [9.17, 15) is 15.0 Å². The lowest BCUT2D eigenvalue weighted by Crippen LogP contribution is -2.17. The Labute approximate surface area is 135 Å². The molecule has 0 aliphatic rings. The largest absolute Gasteiger partial charge is 0.507 e.